The monoisotopic (exact) mass is 290 g/mol. The summed E-state index contributed by atoms with van der Waals surface area (Å²) in [7, 11) is 0. The lowest BCUT2D eigenvalue weighted by Crippen LogP contribution is -2.43. The lowest BCUT2D eigenvalue weighted by Gasteiger charge is -2.38. The number of hydrogen-bond donors (Lipinski definition) is 2. The number of rotatable bonds is 5. The summed E-state index contributed by atoms with van der Waals surface area (Å²) in [5.74, 6) is 0.670. The molecule has 0 aromatic heterocycles. The van der Waals surface area contributed by atoms with E-state index in [0.717, 1.165) is 39.0 Å². The molecule has 1 heterocycles. The minimum absolute atomic E-state index is 0.489. The Labute approximate surface area is 129 Å². The van der Waals surface area contributed by atoms with Crippen LogP contribution in [-0.4, -0.2) is 30.3 Å². The molecule has 118 valence electrons. The van der Waals surface area contributed by atoms with E-state index >= 15 is 0 Å². The largest absolute Gasteiger partial charge is 0.390 e. The lowest BCUT2D eigenvalue weighted by molar-refractivity contribution is 0.0351. The molecular weight excluding hydrogens is 260 g/mol. The third kappa shape index (κ3) is 4.72. The van der Waals surface area contributed by atoms with Gasteiger partial charge in [0.05, 0.1) is 5.60 Å². The van der Waals surface area contributed by atoms with E-state index in [-0.39, 0.29) is 0 Å². The second-order valence-electron chi connectivity index (χ2n) is 7.14. The molecule has 0 spiro atoms. The SMILES string of the molecule is Cc1ccc(N2CCC(C)(O)CC2)c(CNCC(C)C)c1. The molecule has 0 unspecified atom stereocenters. The van der Waals surface area contributed by atoms with E-state index in [2.05, 4.69) is 49.2 Å². The van der Waals surface area contributed by atoms with E-state index in [9.17, 15) is 5.11 Å². The van der Waals surface area contributed by atoms with E-state index in [1.54, 1.807) is 0 Å². The van der Waals surface area contributed by atoms with Crippen LogP contribution >= 0.6 is 0 Å². The summed E-state index contributed by atoms with van der Waals surface area (Å²) in [5.41, 5.74) is 3.52. The van der Waals surface area contributed by atoms with Crippen LogP contribution in [0.4, 0.5) is 5.69 Å². The summed E-state index contributed by atoms with van der Waals surface area (Å²) >= 11 is 0. The van der Waals surface area contributed by atoms with Gasteiger partial charge in [-0.05, 0) is 50.8 Å². The van der Waals surface area contributed by atoms with Gasteiger partial charge in [-0.2, -0.15) is 0 Å². The van der Waals surface area contributed by atoms with Crippen LogP contribution in [0.3, 0.4) is 0 Å². The first-order valence-electron chi connectivity index (χ1n) is 8.15. The van der Waals surface area contributed by atoms with Crippen LogP contribution in [0.2, 0.25) is 0 Å². The molecule has 2 rings (SSSR count). The van der Waals surface area contributed by atoms with Gasteiger partial charge in [-0.1, -0.05) is 31.5 Å². The molecule has 21 heavy (non-hydrogen) atoms. The third-order valence-corrected chi connectivity index (χ3v) is 4.28. The van der Waals surface area contributed by atoms with Crippen molar-refractivity contribution in [3.63, 3.8) is 0 Å². The fourth-order valence-corrected chi connectivity index (χ4v) is 2.89. The van der Waals surface area contributed by atoms with Crippen molar-refractivity contribution in [3.8, 4) is 0 Å². The van der Waals surface area contributed by atoms with E-state index in [4.69, 9.17) is 0 Å². The molecule has 1 saturated heterocycles. The summed E-state index contributed by atoms with van der Waals surface area (Å²) in [6.45, 7) is 12.4. The highest BCUT2D eigenvalue weighted by atomic mass is 16.3. The highest BCUT2D eigenvalue weighted by Crippen LogP contribution is 2.29. The maximum Gasteiger partial charge on any atom is 0.0653 e. The molecule has 0 aliphatic carbocycles. The Morgan fingerprint density at radius 1 is 1.29 bits per heavy atom. The van der Waals surface area contributed by atoms with E-state index in [1.165, 1.54) is 16.8 Å². The Kier molecular flexibility index (Phi) is 5.28. The summed E-state index contributed by atoms with van der Waals surface area (Å²) in [6.07, 6.45) is 1.69. The second kappa shape index (κ2) is 6.80. The van der Waals surface area contributed by atoms with Crippen molar-refractivity contribution in [2.45, 2.75) is 52.7 Å². The first kappa shape index (κ1) is 16.3. The van der Waals surface area contributed by atoms with Gasteiger partial charge < -0.3 is 15.3 Å². The zero-order valence-corrected chi connectivity index (χ0v) is 13.9. The smallest absolute Gasteiger partial charge is 0.0653 e. The van der Waals surface area contributed by atoms with Crippen LogP contribution < -0.4 is 10.2 Å². The van der Waals surface area contributed by atoms with Crippen molar-refractivity contribution in [3.05, 3.63) is 29.3 Å². The molecule has 3 nitrogen and oxygen atoms in total. The fourth-order valence-electron chi connectivity index (χ4n) is 2.89. The number of anilines is 1. The predicted octanol–water partition coefficient (Wildman–Crippen LogP) is 3.09. The number of piperidine rings is 1. The van der Waals surface area contributed by atoms with E-state index in [0.29, 0.717) is 5.92 Å². The van der Waals surface area contributed by atoms with Crippen molar-refractivity contribution < 1.29 is 5.11 Å². The van der Waals surface area contributed by atoms with Crippen LogP contribution in [0.15, 0.2) is 18.2 Å². The topological polar surface area (TPSA) is 35.5 Å². The molecule has 0 saturated carbocycles. The highest BCUT2D eigenvalue weighted by Gasteiger charge is 2.28. The van der Waals surface area contributed by atoms with Crippen molar-refractivity contribution in [1.82, 2.24) is 5.32 Å². The van der Waals surface area contributed by atoms with Gasteiger partial charge in [-0.15, -0.1) is 0 Å². The minimum atomic E-state index is -0.489. The van der Waals surface area contributed by atoms with Crippen LogP contribution in [0.5, 0.6) is 0 Å². The molecule has 1 fully saturated rings. The number of benzene rings is 1. The molecule has 0 amide bonds. The molecule has 0 bridgehead atoms. The molecule has 1 aromatic carbocycles. The first-order valence-corrected chi connectivity index (χ1v) is 8.15. The Morgan fingerprint density at radius 3 is 2.57 bits per heavy atom. The van der Waals surface area contributed by atoms with E-state index in [1.807, 2.05) is 6.92 Å². The molecule has 2 N–H and O–H groups in total. The standard InChI is InChI=1S/C18H30N2O/c1-14(2)12-19-13-16-11-15(3)5-6-17(16)20-9-7-18(4,21)8-10-20/h5-6,11,14,19,21H,7-10,12-13H2,1-4H3. The van der Waals surface area contributed by atoms with Crippen molar-refractivity contribution in [2.75, 3.05) is 24.5 Å². The van der Waals surface area contributed by atoms with Gasteiger partial charge in [0.2, 0.25) is 0 Å². The van der Waals surface area contributed by atoms with Crippen molar-refractivity contribution in [2.24, 2.45) is 5.92 Å². The zero-order chi connectivity index (χ0) is 15.5. The molecule has 1 aliphatic rings. The van der Waals surface area contributed by atoms with Crippen LogP contribution in [0, 0.1) is 12.8 Å². The first-order chi connectivity index (χ1) is 9.87. The van der Waals surface area contributed by atoms with Crippen LogP contribution in [0.25, 0.3) is 0 Å². The molecule has 3 heteroatoms. The average molecular weight is 290 g/mol. The Hall–Kier alpha value is -1.06. The van der Waals surface area contributed by atoms with Crippen LogP contribution in [-0.2, 0) is 6.54 Å². The number of nitrogens with zero attached hydrogens (tertiary/aromatic N) is 1. The number of aliphatic hydroxyl groups is 1. The summed E-state index contributed by atoms with van der Waals surface area (Å²) in [4.78, 5) is 2.42. The van der Waals surface area contributed by atoms with Gasteiger partial charge in [0, 0.05) is 25.3 Å². The maximum atomic E-state index is 10.1. The van der Waals surface area contributed by atoms with Crippen molar-refractivity contribution in [1.29, 1.82) is 0 Å². The molecule has 0 radical (unpaired) electrons. The minimum Gasteiger partial charge on any atom is -0.390 e. The second-order valence-corrected chi connectivity index (χ2v) is 7.14. The number of nitrogens with one attached hydrogen (secondary N) is 1. The lowest BCUT2D eigenvalue weighted by atomic mass is 9.93. The predicted molar refractivity (Wildman–Crippen MR) is 89.8 cm³/mol. The quantitative estimate of drug-likeness (QED) is 0.875. The summed E-state index contributed by atoms with van der Waals surface area (Å²) in [5, 5.41) is 13.7. The average Bonchev–Trinajstić information content (AvgIpc) is 2.39. The summed E-state index contributed by atoms with van der Waals surface area (Å²) < 4.78 is 0. The van der Waals surface area contributed by atoms with Gasteiger partial charge in [0.15, 0.2) is 0 Å². The van der Waals surface area contributed by atoms with Gasteiger partial charge in [-0.3, -0.25) is 0 Å². The Morgan fingerprint density at radius 2 is 1.95 bits per heavy atom. The highest BCUT2D eigenvalue weighted by molar-refractivity contribution is 5.55. The van der Waals surface area contributed by atoms with Gasteiger partial charge in [0.25, 0.3) is 0 Å². The molecule has 1 aromatic rings. The normalized spacial score (nSPS) is 18.3. The molecule has 1 aliphatic heterocycles. The van der Waals surface area contributed by atoms with Gasteiger partial charge in [0.1, 0.15) is 0 Å². The Balaban J connectivity index is 2.08. The fraction of sp³-hybridized carbons (Fsp3) is 0.667. The molecule has 0 atom stereocenters. The van der Waals surface area contributed by atoms with E-state index < -0.39 is 5.60 Å². The van der Waals surface area contributed by atoms with Gasteiger partial charge in [-0.25, -0.2) is 0 Å². The van der Waals surface area contributed by atoms with Crippen molar-refractivity contribution >= 4 is 5.69 Å². The summed E-state index contributed by atoms with van der Waals surface area (Å²) in [6, 6.07) is 6.71. The maximum absolute atomic E-state index is 10.1. The Bertz CT molecular complexity index is 458. The zero-order valence-electron chi connectivity index (χ0n) is 13.9. The van der Waals surface area contributed by atoms with Gasteiger partial charge >= 0.3 is 0 Å². The number of hydrogen-bond acceptors (Lipinski definition) is 3. The number of aryl methyl sites for hydroxylation is 1. The molecular formula is C18H30N2O. The third-order valence-electron chi connectivity index (χ3n) is 4.28. The van der Waals surface area contributed by atoms with Crippen LogP contribution in [0.1, 0.15) is 44.7 Å².